The summed E-state index contributed by atoms with van der Waals surface area (Å²) >= 11 is 0. The van der Waals surface area contributed by atoms with Gasteiger partial charge in [-0.1, -0.05) is 18.2 Å². The maximum absolute atomic E-state index is 13.1. The van der Waals surface area contributed by atoms with Crippen molar-refractivity contribution in [1.29, 1.82) is 0 Å². The van der Waals surface area contributed by atoms with Gasteiger partial charge in [-0.05, 0) is 36.4 Å². The molecule has 33 heavy (non-hydrogen) atoms. The molecule has 0 unspecified atom stereocenters. The number of nitro groups is 1. The number of nitrogens with zero attached hydrogens (tertiary/aromatic N) is 3. The quantitative estimate of drug-likeness (QED) is 0.197. The number of non-ortho nitro benzene ring substituents is 1. The topological polar surface area (TPSA) is 159 Å². The zero-order chi connectivity index (χ0) is 23.6. The van der Waals surface area contributed by atoms with Crippen LogP contribution in [0, 0.1) is 10.1 Å². The Hall–Kier alpha value is -4.45. The number of nitrogens with one attached hydrogen (secondary N) is 2. The number of methoxy groups -OCH3 is 1. The van der Waals surface area contributed by atoms with Gasteiger partial charge in [-0.3, -0.25) is 14.8 Å². The Balaban J connectivity index is 1.76. The molecule has 3 aromatic carbocycles. The van der Waals surface area contributed by atoms with E-state index in [1.165, 1.54) is 25.3 Å². The summed E-state index contributed by atoms with van der Waals surface area (Å²) in [7, 11) is -2.81. The monoisotopic (exact) mass is 467 g/mol. The van der Waals surface area contributed by atoms with E-state index in [9.17, 15) is 23.6 Å². The van der Waals surface area contributed by atoms with E-state index >= 15 is 0 Å². The van der Waals surface area contributed by atoms with Gasteiger partial charge in [0.05, 0.1) is 17.5 Å². The molecule has 1 aromatic heterocycles. The molecule has 0 atom stereocenters. The van der Waals surface area contributed by atoms with Gasteiger partial charge in [0, 0.05) is 23.2 Å². The van der Waals surface area contributed by atoms with Crippen LogP contribution in [0.5, 0.6) is 11.6 Å². The van der Waals surface area contributed by atoms with Crippen LogP contribution in [0.1, 0.15) is 0 Å². The van der Waals surface area contributed by atoms with Crippen LogP contribution < -0.4 is 9.46 Å². The Morgan fingerprint density at radius 1 is 1.06 bits per heavy atom. The average Bonchev–Trinajstić information content (AvgIpc) is 3.12. The molecule has 4 rings (SSSR count). The van der Waals surface area contributed by atoms with Crippen molar-refractivity contribution in [3.63, 3.8) is 0 Å². The first-order chi connectivity index (χ1) is 15.8. The zero-order valence-electron chi connectivity index (χ0n) is 17.1. The predicted octanol–water partition coefficient (Wildman–Crippen LogP) is 5.01. The second-order valence-corrected chi connectivity index (χ2v) is 8.46. The summed E-state index contributed by atoms with van der Waals surface area (Å²) in [5, 5.41) is 30.0. The molecule has 4 aromatic rings. The molecule has 168 valence electrons. The van der Waals surface area contributed by atoms with Gasteiger partial charge >= 0.3 is 0 Å². The van der Waals surface area contributed by atoms with Crippen molar-refractivity contribution in [3.8, 4) is 11.6 Å². The van der Waals surface area contributed by atoms with Crippen molar-refractivity contribution in [2.45, 2.75) is 4.90 Å². The van der Waals surface area contributed by atoms with E-state index < -0.39 is 25.5 Å². The number of rotatable bonds is 7. The second-order valence-electron chi connectivity index (χ2n) is 6.81. The normalized spacial score (nSPS) is 11.7. The lowest BCUT2D eigenvalue weighted by Crippen LogP contribution is -2.13. The van der Waals surface area contributed by atoms with Crippen molar-refractivity contribution in [2.24, 2.45) is 10.2 Å². The Labute approximate surface area is 187 Å². The van der Waals surface area contributed by atoms with E-state index in [-0.39, 0.29) is 22.9 Å². The van der Waals surface area contributed by atoms with Gasteiger partial charge in [0.2, 0.25) is 5.88 Å². The number of sulfonamides is 1. The molecule has 0 saturated carbocycles. The molecule has 0 spiro atoms. The van der Waals surface area contributed by atoms with Crippen LogP contribution in [0.4, 0.5) is 22.7 Å². The summed E-state index contributed by atoms with van der Waals surface area (Å²) in [5.74, 6) is 0.281. The highest BCUT2D eigenvalue weighted by atomic mass is 32.2. The minimum Gasteiger partial charge on any atom is -0.497 e. The van der Waals surface area contributed by atoms with Gasteiger partial charge < -0.3 is 14.8 Å². The van der Waals surface area contributed by atoms with E-state index in [0.717, 1.165) is 12.1 Å². The first-order valence-electron chi connectivity index (χ1n) is 9.45. The number of aromatic nitrogens is 1. The minimum absolute atomic E-state index is 0.107. The fourth-order valence-corrected chi connectivity index (χ4v) is 4.32. The zero-order valence-corrected chi connectivity index (χ0v) is 17.9. The fourth-order valence-electron chi connectivity index (χ4n) is 3.10. The van der Waals surface area contributed by atoms with Crippen molar-refractivity contribution in [1.82, 2.24) is 4.98 Å². The molecule has 1 heterocycles. The summed E-state index contributed by atoms with van der Waals surface area (Å²) in [5.41, 5.74) is 0.363. The van der Waals surface area contributed by atoms with E-state index in [4.69, 9.17) is 4.74 Å². The third-order valence-electron chi connectivity index (χ3n) is 4.70. The Bertz CT molecular complexity index is 1480. The number of fused-ring (bicyclic) bond motifs is 1. The third-order valence-corrected chi connectivity index (χ3v) is 6.11. The number of H-pyrrole nitrogens is 1. The van der Waals surface area contributed by atoms with Crippen LogP contribution in [0.25, 0.3) is 10.9 Å². The highest BCUT2D eigenvalue weighted by molar-refractivity contribution is 7.92. The van der Waals surface area contributed by atoms with Gasteiger partial charge in [0.15, 0.2) is 5.69 Å². The number of hydrogen-bond donors (Lipinski definition) is 3. The van der Waals surface area contributed by atoms with Crippen LogP contribution in [-0.2, 0) is 10.0 Å². The van der Waals surface area contributed by atoms with E-state index in [1.54, 1.807) is 36.4 Å². The summed E-state index contributed by atoms with van der Waals surface area (Å²) in [6.07, 6.45) is 0. The highest BCUT2D eigenvalue weighted by Crippen LogP contribution is 2.37. The number of hydrogen-bond acceptors (Lipinski definition) is 8. The molecule has 0 fully saturated rings. The van der Waals surface area contributed by atoms with Crippen LogP contribution in [0.3, 0.4) is 0 Å². The Kier molecular flexibility index (Phi) is 5.67. The van der Waals surface area contributed by atoms with Gasteiger partial charge in [-0.15, -0.1) is 10.2 Å². The number of nitro benzene ring substituents is 1. The lowest BCUT2D eigenvalue weighted by atomic mass is 10.2. The molecule has 3 N–H and O–H groups in total. The summed E-state index contributed by atoms with van der Waals surface area (Å²) in [4.78, 5) is 12.8. The molecule has 11 nitrogen and oxygen atoms in total. The first kappa shape index (κ1) is 21.8. The molecule has 0 saturated heterocycles. The molecule has 0 amide bonds. The second kappa shape index (κ2) is 8.59. The standard InChI is InChI=1S/C21H17N5O6S/c1-32-15-9-6-13(7-10-15)25-33(30,31)19-12-14(26(28)29)8-11-18(19)23-24-20-16-4-2-3-5-17(16)22-21(20)27/h2-12,22,25,27H,1H3. The van der Waals surface area contributed by atoms with Crippen LogP contribution >= 0.6 is 0 Å². The van der Waals surface area contributed by atoms with Gasteiger partial charge in [-0.2, -0.15) is 0 Å². The molecule has 0 bridgehead atoms. The number of azo groups is 1. The number of benzene rings is 3. The van der Waals surface area contributed by atoms with E-state index in [0.29, 0.717) is 16.7 Å². The van der Waals surface area contributed by atoms with Crippen LogP contribution in [0.15, 0.2) is 81.9 Å². The molecule has 0 radical (unpaired) electrons. The molecule has 0 aliphatic carbocycles. The van der Waals surface area contributed by atoms with Crippen molar-refractivity contribution in [2.75, 3.05) is 11.8 Å². The Morgan fingerprint density at radius 2 is 1.79 bits per heavy atom. The van der Waals surface area contributed by atoms with Gasteiger partial charge in [0.1, 0.15) is 16.3 Å². The van der Waals surface area contributed by atoms with E-state index in [2.05, 4.69) is 19.9 Å². The lowest BCUT2D eigenvalue weighted by Gasteiger charge is -2.10. The number of anilines is 1. The summed E-state index contributed by atoms with van der Waals surface area (Å²) in [6.45, 7) is 0. The van der Waals surface area contributed by atoms with Crippen molar-refractivity contribution < 1.29 is 23.2 Å². The molecule has 12 heteroatoms. The largest absolute Gasteiger partial charge is 0.497 e. The molecule has 0 aliphatic heterocycles. The number of ether oxygens (including phenoxy) is 1. The van der Waals surface area contributed by atoms with Crippen LogP contribution in [-0.4, -0.2) is 30.5 Å². The van der Waals surface area contributed by atoms with Gasteiger partial charge in [0.25, 0.3) is 15.7 Å². The van der Waals surface area contributed by atoms with Crippen molar-refractivity contribution >= 4 is 43.7 Å². The SMILES string of the molecule is COc1ccc(NS(=O)(=O)c2cc([N+](=O)[O-])ccc2N=Nc2c(O)[nH]c3ccccc23)cc1. The lowest BCUT2D eigenvalue weighted by molar-refractivity contribution is -0.385. The maximum Gasteiger partial charge on any atom is 0.270 e. The summed E-state index contributed by atoms with van der Waals surface area (Å²) < 4.78 is 33.6. The third kappa shape index (κ3) is 4.45. The fraction of sp³-hybridized carbons (Fsp3) is 0.0476. The number of aromatic amines is 1. The molecular weight excluding hydrogens is 450 g/mol. The van der Waals surface area contributed by atoms with Crippen molar-refractivity contribution in [3.05, 3.63) is 76.8 Å². The number of para-hydroxylation sites is 1. The Morgan fingerprint density at radius 3 is 2.48 bits per heavy atom. The van der Waals surface area contributed by atoms with E-state index in [1.807, 2.05) is 0 Å². The maximum atomic E-state index is 13.1. The predicted molar refractivity (Wildman–Crippen MR) is 121 cm³/mol. The smallest absolute Gasteiger partial charge is 0.270 e. The average molecular weight is 467 g/mol. The van der Waals surface area contributed by atoms with Gasteiger partial charge in [-0.25, -0.2) is 8.42 Å². The molecular formula is C21H17N5O6S. The first-order valence-corrected chi connectivity index (χ1v) is 10.9. The summed E-state index contributed by atoms with van der Waals surface area (Å²) in [6, 6.07) is 16.2. The number of aromatic hydroxyl groups is 1. The minimum atomic E-state index is -4.28. The highest BCUT2D eigenvalue weighted by Gasteiger charge is 2.23. The van der Waals surface area contributed by atoms with Crippen LogP contribution in [0.2, 0.25) is 0 Å². The molecule has 0 aliphatic rings.